The molecule has 0 saturated carbocycles. The molecule has 0 heterocycles. The van der Waals surface area contributed by atoms with Gasteiger partial charge in [-0.05, 0) is 30.0 Å². The number of nitriles is 1. The highest BCUT2D eigenvalue weighted by Gasteiger charge is 2.25. The normalized spacial score (nSPS) is 12.6. The van der Waals surface area contributed by atoms with Gasteiger partial charge in [0.15, 0.2) is 5.03 Å². The third-order valence-corrected chi connectivity index (χ3v) is 6.69. The van der Waals surface area contributed by atoms with Crippen LogP contribution in [-0.4, -0.2) is 22.6 Å². The molecule has 4 N–H and O–H groups in total. The van der Waals surface area contributed by atoms with Gasteiger partial charge in [0.25, 0.3) is 0 Å². The van der Waals surface area contributed by atoms with Gasteiger partial charge in [-0.2, -0.15) is 5.26 Å². The molecular formula is C22H28N4O4S. The number of anilines is 1. The molecule has 0 aliphatic rings. The summed E-state index contributed by atoms with van der Waals surface area (Å²) in [6.07, 6.45) is 0. The number of hydrogen-bond donors (Lipinski definition) is 2. The Labute approximate surface area is 183 Å². The number of ether oxygens (including phenoxy) is 2. The maximum absolute atomic E-state index is 13.1. The van der Waals surface area contributed by atoms with Crippen molar-refractivity contribution in [3.8, 4) is 17.6 Å². The molecule has 166 valence electrons. The van der Waals surface area contributed by atoms with Crippen molar-refractivity contribution in [2.24, 2.45) is 11.6 Å². The second-order valence-electron chi connectivity index (χ2n) is 7.93. The Kier molecular flexibility index (Phi) is 6.89. The van der Waals surface area contributed by atoms with Gasteiger partial charge in [-0.3, -0.25) is 5.01 Å². The van der Waals surface area contributed by atoms with Crippen LogP contribution in [0, 0.1) is 11.3 Å². The maximum atomic E-state index is 13.1. The highest BCUT2D eigenvalue weighted by atomic mass is 32.2. The molecule has 0 aromatic heterocycles. The fourth-order valence-electron chi connectivity index (χ4n) is 2.91. The van der Waals surface area contributed by atoms with Crippen molar-refractivity contribution >= 4 is 15.5 Å². The molecule has 2 aromatic rings. The Morgan fingerprint density at radius 1 is 1.06 bits per heavy atom. The van der Waals surface area contributed by atoms with E-state index in [0.29, 0.717) is 0 Å². The molecule has 2 aromatic carbocycles. The van der Waals surface area contributed by atoms with Crippen LogP contribution in [0.2, 0.25) is 0 Å². The Bertz CT molecular complexity index is 1140. The van der Waals surface area contributed by atoms with Crippen molar-refractivity contribution in [1.82, 2.24) is 0 Å². The van der Waals surface area contributed by atoms with Crippen LogP contribution < -0.4 is 26.1 Å². The molecule has 8 nitrogen and oxygen atoms in total. The number of sulfone groups is 1. The summed E-state index contributed by atoms with van der Waals surface area (Å²) < 4.78 is 36.7. The number of allylic oxidation sites excluding steroid dienone is 1. The first kappa shape index (κ1) is 24.1. The summed E-state index contributed by atoms with van der Waals surface area (Å²) in [4.78, 5) is 0.0649. The zero-order chi connectivity index (χ0) is 23.6. The lowest BCUT2D eigenvalue weighted by atomic mass is 9.87. The number of rotatable bonds is 6. The van der Waals surface area contributed by atoms with E-state index in [1.54, 1.807) is 12.1 Å². The molecule has 0 radical (unpaired) electrons. The summed E-state index contributed by atoms with van der Waals surface area (Å²) in [6, 6.07) is 11.5. The molecule has 0 aliphatic carbocycles. The molecule has 0 amide bonds. The van der Waals surface area contributed by atoms with E-state index in [9.17, 15) is 13.7 Å². The van der Waals surface area contributed by atoms with E-state index >= 15 is 0 Å². The first-order valence-electron chi connectivity index (χ1n) is 9.41. The summed E-state index contributed by atoms with van der Waals surface area (Å²) in [6.45, 7) is 7.61. The van der Waals surface area contributed by atoms with Gasteiger partial charge in [0.2, 0.25) is 9.84 Å². The van der Waals surface area contributed by atoms with Crippen LogP contribution >= 0.6 is 0 Å². The lowest BCUT2D eigenvalue weighted by molar-refractivity contribution is 0.402. The summed E-state index contributed by atoms with van der Waals surface area (Å²) >= 11 is 0. The second-order valence-corrected chi connectivity index (χ2v) is 9.85. The van der Waals surface area contributed by atoms with E-state index in [0.717, 1.165) is 10.6 Å². The zero-order valence-electron chi connectivity index (χ0n) is 18.6. The van der Waals surface area contributed by atoms with Gasteiger partial charge in [0.1, 0.15) is 23.3 Å². The summed E-state index contributed by atoms with van der Waals surface area (Å²) in [5.74, 6) is 6.73. The zero-order valence-corrected chi connectivity index (χ0v) is 19.4. The lowest BCUT2D eigenvalue weighted by Gasteiger charge is -2.24. The molecule has 2 rings (SSSR count). The monoisotopic (exact) mass is 444 g/mol. The Morgan fingerprint density at radius 2 is 1.61 bits per heavy atom. The van der Waals surface area contributed by atoms with E-state index in [1.165, 1.54) is 45.4 Å². The van der Waals surface area contributed by atoms with Crippen LogP contribution in [0.4, 0.5) is 5.69 Å². The van der Waals surface area contributed by atoms with E-state index < -0.39 is 14.9 Å². The highest BCUT2D eigenvalue weighted by molar-refractivity contribution is 7.95. The first-order valence-corrected chi connectivity index (χ1v) is 10.9. The van der Waals surface area contributed by atoms with Gasteiger partial charge in [-0.15, -0.1) is 0 Å². The Morgan fingerprint density at radius 3 is 2.06 bits per heavy atom. The minimum absolute atomic E-state index is 0.0649. The second kappa shape index (κ2) is 8.88. The minimum atomic E-state index is -3.99. The summed E-state index contributed by atoms with van der Waals surface area (Å²) in [5, 5.41) is 9.96. The van der Waals surface area contributed by atoms with Crippen LogP contribution in [0.1, 0.15) is 38.8 Å². The number of nitrogens with two attached hydrogens (primary N) is 2. The van der Waals surface area contributed by atoms with E-state index in [1.807, 2.05) is 26.8 Å². The average Bonchev–Trinajstić information content (AvgIpc) is 2.75. The first-order chi connectivity index (χ1) is 14.4. The molecule has 0 bridgehead atoms. The number of hydrazine groups is 1. The third kappa shape index (κ3) is 4.76. The number of hydrogen-bond acceptors (Lipinski definition) is 8. The van der Waals surface area contributed by atoms with Crippen molar-refractivity contribution in [3.63, 3.8) is 0 Å². The summed E-state index contributed by atoms with van der Waals surface area (Å²) in [7, 11) is -1.16. The standard InChI is InChI=1S/C22H28N4O4S/c1-14(26(25)18-12-19(29-5)15(13-23)11-20(18)30-6)21(24)31(27,28)17-9-7-16(8-10-17)22(2,3)4/h7-12H,24-25H2,1-6H3/b21-14+. The molecule has 0 saturated heterocycles. The Balaban J connectivity index is 2.54. The van der Waals surface area contributed by atoms with Crippen molar-refractivity contribution in [3.05, 3.63) is 58.3 Å². The molecule has 31 heavy (non-hydrogen) atoms. The predicted molar refractivity (Wildman–Crippen MR) is 120 cm³/mol. The Hall–Kier alpha value is -3.22. The molecule has 0 atom stereocenters. The van der Waals surface area contributed by atoms with Crippen LogP contribution in [0.5, 0.6) is 11.5 Å². The van der Waals surface area contributed by atoms with Gasteiger partial charge in [0, 0.05) is 12.1 Å². The molecular weight excluding hydrogens is 416 g/mol. The predicted octanol–water partition coefficient (Wildman–Crippen LogP) is 3.17. The number of nitrogens with zero attached hydrogens (tertiary/aromatic N) is 2. The van der Waals surface area contributed by atoms with Crippen molar-refractivity contribution in [2.45, 2.75) is 38.0 Å². The third-order valence-electron chi connectivity index (χ3n) is 4.92. The molecule has 0 aliphatic heterocycles. The summed E-state index contributed by atoms with van der Waals surface area (Å²) in [5.41, 5.74) is 7.57. The van der Waals surface area contributed by atoms with Crippen molar-refractivity contribution in [1.29, 1.82) is 5.26 Å². The van der Waals surface area contributed by atoms with Crippen LogP contribution in [0.25, 0.3) is 0 Å². The van der Waals surface area contributed by atoms with Crippen LogP contribution in [0.3, 0.4) is 0 Å². The van der Waals surface area contributed by atoms with Crippen molar-refractivity contribution in [2.75, 3.05) is 19.2 Å². The maximum Gasteiger partial charge on any atom is 0.223 e. The minimum Gasteiger partial charge on any atom is -0.495 e. The van der Waals surface area contributed by atoms with Gasteiger partial charge in [-0.25, -0.2) is 14.3 Å². The largest absolute Gasteiger partial charge is 0.495 e. The highest BCUT2D eigenvalue weighted by Crippen LogP contribution is 2.36. The number of benzene rings is 2. The lowest BCUT2D eigenvalue weighted by Crippen LogP contribution is -2.33. The van der Waals surface area contributed by atoms with Crippen LogP contribution in [0.15, 0.2) is 52.0 Å². The number of methoxy groups -OCH3 is 2. The fourth-order valence-corrected chi connectivity index (χ4v) is 4.15. The molecule has 0 fully saturated rings. The van der Waals surface area contributed by atoms with Gasteiger partial charge in [0.05, 0.1) is 30.4 Å². The SMILES string of the molecule is COc1cc(N(N)/C(C)=C(\N)S(=O)(=O)c2ccc(C(C)(C)C)cc2)c(OC)cc1C#N. The smallest absolute Gasteiger partial charge is 0.223 e. The van der Waals surface area contributed by atoms with E-state index in [4.69, 9.17) is 21.1 Å². The quantitative estimate of drug-likeness (QED) is 0.513. The van der Waals surface area contributed by atoms with Gasteiger partial charge < -0.3 is 15.2 Å². The van der Waals surface area contributed by atoms with E-state index in [2.05, 4.69) is 0 Å². The van der Waals surface area contributed by atoms with Crippen LogP contribution in [-0.2, 0) is 15.3 Å². The average molecular weight is 445 g/mol. The molecule has 0 unspecified atom stereocenters. The fraction of sp³-hybridized carbons (Fsp3) is 0.318. The van der Waals surface area contributed by atoms with Crippen molar-refractivity contribution < 1.29 is 17.9 Å². The topological polar surface area (TPSA) is 132 Å². The van der Waals surface area contributed by atoms with Gasteiger partial charge in [-0.1, -0.05) is 32.9 Å². The molecule has 0 spiro atoms. The van der Waals surface area contributed by atoms with Gasteiger partial charge >= 0.3 is 0 Å². The van der Waals surface area contributed by atoms with E-state index in [-0.39, 0.29) is 38.8 Å². The molecule has 9 heteroatoms.